The van der Waals surface area contributed by atoms with Gasteiger partial charge in [0.25, 0.3) is 0 Å². The van der Waals surface area contributed by atoms with Gasteiger partial charge in [-0.2, -0.15) is 0 Å². The van der Waals surface area contributed by atoms with E-state index in [4.69, 9.17) is 15.2 Å². The van der Waals surface area contributed by atoms with Crippen molar-refractivity contribution >= 4 is 15.9 Å². The Bertz CT molecular complexity index is 618. The lowest BCUT2D eigenvalue weighted by molar-refractivity contribution is 0.0869. The Kier molecular flexibility index (Phi) is 4.88. The summed E-state index contributed by atoms with van der Waals surface area (Å²) < 4.78 is 11.3. The molecule has 0 spiro atoms. The van der Waals surface area contributed by atoms with Crippen LogP contribution >= 0.6 is 15.9 Å². The van der Waals surface area contributed by atoms with Gasteiger partial charge in [-0.25, -0.2) is 0 Å². The third-order valence-electron chi connectivity index (χ3n) is 3.48. The average molecular weight is 352 g/mol. The number of hydrogen-bond acceptors (Lipinski definition) is 4. The lowest BCUT2D eigenvalue weighted by Gasteiger charge is -2.30. The molecule has 0 heterocycles. The minimum absolute atomic E-state index is 0.0339. The summed E-state index contributed by atoms with van der Waals surface area (Å²) in [6.45, 7) is 0.0339. The summed E-state index contributed by atoms with van der Waals surface area (Å²) in [7, 11) is 3.12. The van der Waals surface area contributed by atoms with Crippen LogP contribution in [0, 0.1) is 0 Å². The van der Waals surface area contributed by atoms with E-state index in [9.17, 15) is 5.11 Å². The molecule has 1 atom stereocenters. The van der Waals surface area contributed by atoms with E-state index >= 15 is 0 Å². The molecule has 0 aliphatic carbocycles. The summed E-state index contributed by atoms with van der Waals surface area (Å²) in [5.41, 5.74) is 5.83. The molecule has 112 valence electrons. The lowest BCUT2D eigenvalue weighted by Crippen LogP contribution is -2.36. The first-order valence-corrected chi connectivity index (χ1v) is 7.26. The summed E-state index contributed by atoms with van der Waals surface area (Å²) in [4.78, 5) is 0. The molecule has 1 unspecified atom stereocenters. The highest BCUT2D eigenvalue weighted by Gasteiger charge is 2.34. The SMILES string of the molecule is COc1ccc(C(O)(CN)c2ccccc2)c(OC)c1Br. The molecular weight excluding hydrogens is 334 g/mol. The summed E-state index contributed by atoms with van der Waals surface area (Å²) in [6.07, 6.45) is 0. The first-order chi connectivity index (χ1) is 10.1. The zero-order chi connectivity index (χ0) is 15.5. The molecule has 0 aliphatic rings. The molecule has 0 saturated carbocycles. The maximum Gasteiger partial charge on any atom is 0.143 e. The predicted octanol–water partition coefficient (Wildman–Crippen LogP) is 2.66. The second-order valence-corrected chi connectivity index (χ2v) is 5.39. The normalized spacial score (nSPS) is 13.6. The Morgan fingerprint density at radius 1 is 1.10 bits per heavy atom. The highest BCUT2D eigenvalue weighted by Crippen LogP contribution is 2.43. The van der Waals surface area contributed by atoms with Crippen LogP contribution < -0.4 is 15.2 Å². The van der Waals surface area contributed by atoms with Crippen LogP contribution in [0.25, 0.3) is 0 Å². The Hall–Kier alpha value is -1.56. The van der Waals surface area contributed by atoms with Crippen LogP contribution in [0.1, 0.15) is 11.1 Å². The second-order valence-electron chi connectivity index (χ2n) is 4.59. The van der Waals surface area contributed by atoms with E-state index < -0.39 is 5.60 Å². The molecule has 0 aromatic heterocycles. The molecule has 21 heavy (non-hydrogen) atoms. The van der Waals surface area contributed by atoms with Gasteiger partial charge in [0.05, 0.1) is 14.2 Å². The number of halogens is 1. The third-order valence-corrected chi connectivity index (χ3v) is 4.23. The van der Waals surface area contributed by atoms with Crippen molar-refractivity contribution in [3.63, 3.8) is 0 Å². The fourth-order valence-electron chi connectivity index (χ4n) is 2.32. The van der Waals surface area contributed by atoms with Crippen LogP contribution in [-0.4, -0.2) is 25.9 Å². The van der Waals surface area contributed by atoms with Crippen LogP contribution in [0.4, 0.5) is 0 Å². The summed E-state index contributed by atoms with van der Waals surface area (Å²) in [5, 5.41) is 11.1. The van der Waals surface area contributed by atoms with E-state index in [1.54, 1.807) is 26.4 Å². The first kappa shape index (κ1) is 15.8. The molecule has 4 nitrogen and oxygen atoms in total. The van der Waals surface area contributed by atoms with E-state index in [2.05, 4.69) is 15.9 Å². The van der Waals surface area contributed by atoms with Gasteiger partial charge < -0.3 is 20.3 Å². The predicted molar refractivity (Wildman–Crippen MR) is 85.7 cm³/mol. The average Bonchev–Trinajstić information content (AvgIpc) is 2.54. The van der Waals surface area contributed by atoms with Gasteiger partial charge in [0.2, 0.25) is 0 Å². The fraction of sp³-hybridized carbons (Fsp3) is 0.250. The van der Waals surface area contributed by atoms with Crippen molar-refractivity contribution in [1.29, 1.82) is 0 Å². The van der Waals surface area contributed by atoms with E-state index in [1.165, 1.54) is 0 Å². The van der Waals surface area contributed by atoms with Gasteiger partial charge in [0.1, 0.15) is 21.6 Å². The van der Waals surface area contributed by atoms with Crippen LogP contribution in [0.5, 0.6) is 11.5 Å². The lowest BCUT2D eigenvalue weighted by atomic mass is 9.85. The number of benzene rings is 2. The van der Waals surface area contributed by atoms with Gasteiger partial charge in [-0.1, -0.05) is 30.3 Å². The second kappa shape index (κ2) is 6.47. The molecule has 0 fully saturated rings. The number of hydrogen-bond donors (Lipinski definition) is 2. The van der Waals surface area contributed by atoms with Crippen LogP contribution in [0.15, 0.2) is 46.9 Å². The van der Waals surface area contributed by atoms with Gasteiger partial charge in [0, 0.05) is 12.1 Å². The molecule has 0 bridgehead atoms. The Morgan fingerprint density at radius 2 is 1.76 bits per heavy atom. The number of aliphatic hydroxyl groups is 1. The Balaban J connectivity index is 2.66. The van der Waals surface area contributed by atoms with E-state index in [0.29, 0.717) is 27.1 Å². The van der Waals surface area contributed by atoms with E-state index in [0.717, 1.165) is 0 Å². The Labute approximate surface area is 132 Å². The van der Waals surface area contributed by atoms with Gasteiger partial charge >= 0.3 is 0 Å². The van der Waals surface area contributed by atoms with Crippen LogP contribution in [-0.2, 0) is 5.60 Å². The minimum Gasteiger partial charge on any atom is -0.495 e. The van der Waals surface area contributed by atoms with Crippen molar-refractivity contribution in [1.82, 2.24) is 0 Å². The summed E-state index contributed by atoms with van der Waals surface area (Å²) in [6, 6.07) is 12.8. The minimum atomic E-state index is -1.33. The zero-order valence-corrected chi connectivity index (χ0v) is 13.6. The quantitative estimate of drug-likeness (QED) is 0.869. The molecule has 0 amide bonds. The molecule has 0 saturated heterocycles. The molecule has 0 radical (unpaired) electrons. The molecule has 3 N–H and O–H groups in total. The monoisotopic (exact) mass is 351 g/mol. The number of methoxy groups -OCH3 is 2. The number of rotatable bonds is 5. The number of ether oxygens (including phenoxy) is 2. The number of nitrogens with two attached hydrogens (primary N) is 1. The fourth-order valence-corrected chi connectivity index (χ4v) is 2.99. The van der Waals surface area contributed by atoms with Crippen LogP contribution in [0.2, 0.25) is 0 Å². The summed E-state index contributed by atoms with van der Waals surface area (Å²) in [5.74, 6) is 1.13. The van der Waals surface area contributed by atoms with Crippen molar-refractivity contribution in [3.8, 4) is 11.5 Å². The smallest absolute Gasteiger partial charge is 0.143 e. The van der Waals surface area contributed by atoms with Gasteiger partial charge in [-0.3, -0.25) is 0 Å². The molecule has 2 rings (SSSR count). The standard InChI is InChI=1S/C16H18BrNO3/c1-20-13-9-8-12(15(21-2)14(13)17)16(19,10-18)11-6-4-3-5-7-11/h3-9,19H,10,18H2,1-2H3. The Morgan fingerprint density at radius 3 is 2.29 bits per heavy atom. The van der Waals surface area contributed by atoms with E-state index in [1.807, 2.05) is 30.3 Å². The molecule has 2 aromatic carbocycles. The van der Waals surface area contributed by atoms with Gasteiger partial charge in [-0.15, -0.1) is 0 Å². The largest absolute Gasteiger partial charge is 0.495 e. The summed E-state index contributed by atoms with van der Waals surface area (Å²) >= 11 is 3.44. The molecule has 5 heteroatoms. The highest BCUT2D eigenvalue weighted by molar-refractivity contribution is 9.10. The van der Waals surface area contributed by atoms with Crippen molar-refractivity contribution in [2.24, 2.45) is 5.73 Å². The molecule has 0 aliphatic heterocycles. The molecule has 2 aromatic rings. The first-order valence-electron chi connectivity index (χ1n) is 6.47. The van der Waals surface area contributed by atoms with Crippen LogP contribution in [0.3, 0.4) is 0 Å². The van der Waals surface area contributed by atoms with Crippen molar-refractivity contribution in [2.75, 3.05) is 20.8 Å². The van der Waals surface area contributed by atoms with Crippen molar-refractivity contribution in [3.05, 3.63) is 58.1 Å². The van der Waals surface area contributed by atoms with Gasteiger partial charge in [-0.05, 0) is 33.6 Å². The zero-order valence-electron chi connectivity index (χ0n) is 12.0. The highest BCUT2D eigenvalue weighted by atomic mass is 79.9. The van der Waals surface area contributed by atoms with Crippen molar-refractivity contribution < 1.29 is 14.6 Å². The maximum atomic E-state index is 11.1. The third kappa shape index (κ3) is 2.77. The van der Waals surface area contributed by atoms with Crippen molar-refractivity contribution in [2.45, 2.75) is 5.60 Å². The van der Waals surface area contributed by atoms with E-state index in [-0.39, 0.29) is 6.54 Å². The molecular formula is C16H18BrNO3. The maximum absolute atomic E-state index is 11.1. The topological polar surface area (TPSA) is 64.7 Å². The van der Waals surface area contributed by atoms with Gasteiger partial charge in [0.15, 0.2) is 0 Å².